The summed E-state index contributed by atoms with van der Waals surface area (Å²) in [6, 6.07) is 0. The fourth-order valence-corrected chi connectivity index (χ4v) is 1.64. The fourth-order valence-electron chi connectivity index (χ4n) is 1.20. The van der Waals surface area contributed by atoms with Gasteiger partial charge in [-0.2, -0.15) is 0 Å². The first-order chi connectivity index (χ1) is 6.90. The van der Waals surface area contributed by atoms with E-state index in [0.717, 1.165) is 18.4 Å². The van der Waals surface area contributed by atoms with Crippen LogP contribution in [0.1, 0.15) is 53.4 Å². The monoisotopic (exact) mass is 275 g/mol. The first-order valence-electron chi connectivity index (χ1n) is 5.52. The van der Waals surface area contributed by atoms with Crippen molar-refractivity contribution in [2.75, 3.05) is 0 Å². The number of hydrogen-bond donors (Lipinski definition) is 1. The highest BCUT2D eigenvalue weighted by Crippen LogP contribution is 2.12. The Morgan fingerprint density at radius 2 is 1.93 bits per heavy atom. The molecule has 0 aliphatic rings. The summed E-state index contributed by atoms with van der Waals surface area (Å²) in [5.41, 5.74) is 0.668. The van der Waals surface area contributed by atoms with Crippen molar-refractivity contribution in [2.24, 2.45) is 0 Å². The molecule has 0 bridgehead atoms. The van der Waals surface area contributed by atoms with Gasteiger partial charge in [-0.1, -0.05) is 35.7 Å². The number of hydrogen-bond acceptors (Lipinski definition) is 1. The summed E-state index contributed by atoms with van der Waals surface area (Å²) in [6.07, 6.45) is 4.27. The van der Waals surface area contributed by atoms with E-state index in [2.05, 4.69) is 28.2 Å². The second kappa shape index (κ2) is 7.04. The molecule has 0 saturated heterocycles. The number of carbonyl (C=O) groups is 1. The molecule has 0 atom stereocenters. The molecule has 88 valence electrons. The second-order valence-electron chi connectivity index (χ2n) is 4.80. The summed E-state index contributed by atoms with van der Waals surface area (Å²) in [5.74, 6) is 0.0375. The van der Waals surface area contributed by atoms with Gasteiger partial charge in [-0.15, -0.1) is 0 Å². The van der Waals surface area contributed by atoms with Gasteiger partial charge in [0.05, 0.1) is 0 Å². The lowest BCUT2D eigenvalue weighted by Gasteiger charge is -2.21. The molecule has 0 radical (unpaired) electrons. The molecule has 0 aromatic rings. The zero-order valence-electron chi connectivity index (χ0n) is 10.2. The lowest BCUT2D eigenvalue weighted by Crippen LogP contribution is -2.41. The Labute approximate surface area is 102 Å². The van der Waals surface area contributed by atoms with Crippen molar-refractivity contribution in [1.82, 2.24) is 5.32 Å². The molecule has 0 aromatic heterocycles. The third-order valence-corrected chi connectivity index (χ3v) is 2.51. The molecular weight excluding hydrogens is 254 g/mol. The zero-order valence-corrected chi connectivity index (χ0v) is 11.8. The molecule has 15 heavy (non-hydrogen) atoms. The van der Waals surface area contributed by atoms with Gasteiger partial charge in [0.15, 0.2) is 0 Å². The van der Waals surface area contributed by atoms with Crippen LogP contribution in [0.3, 0.4) is 0 Å². The van der Waals surface area contributed by atoms with Crippen LogP contribution in [0, 0.1) is 0 Å². The number of nitrogens with one attached hydrogen (secondary N) is 1. The standard InChI is InChI=1S/C12H22BrNO/c1-5-6-7-8-10(9-13)11(15)14-12(2,3)4/h9H,5-8H2,1-4H3,(H,14,15)/b10-9+. The molecular formula is C12H22BrNO. The van der Waals surface area contributed by atoms with Crippen LogP contribution in [0.5, 0.6) is 0 Å². The van der Waals surface area contributed by atoms with E-state index < -0.39 is 0 Å². The molecule has 1 amide bonds. The summed E-state index contributed by atoms with van der Waals surface area (Å²) in [5, 5.41) is 2.96. The van der Waals surface area contributed by atoms with Crippen LogP contribution < -0.4 is 5.32 Å². The summed E-state index contributed by atoms with van der Waals surface area (Å²) in [6.45, 7) is 8.13. The van der Waals surface area contributed by atoms with Crippen LogP contribution in [0.15, 0.2) is 10.6 Å². The van der Waals surface area contributed by atoms with Crippen LogP contribution in [0.4, 0.5) is 0 Å². The summed E-state index contributed by atoms with van der Waals surface area (Å²) >= 11 is 3.25. The highest BCUT2D eigenvalue weighted by molar-refractivity contribution is 9.11. The predicted octanol–water partition coefficient (Wildman–Crippen LogP) is 3.76. The van der Waals surface area contributed by atoms with E-state index in [9.17, 15) is 4.79 Å². The van der Waals surface area contributed by atoms with Gasteiger partial charge in [0, 0.05) is 11.1 Å². The second-order valence-corrected chi connectivity index (χ2v) is 5.25. The lowest BCUT2D eigenvalue weighted by atomic mass is 10.1. The van der Waals surface area contributed by atoms with E-state index in [1.165, 1.54) is 12.8 Å². The molecule has 0 unspecified atom stereocenters. The maximum absolute atomic E-state index is 11.8. The average molecular weight is 276 g/mol. The van der Waals surface area contributed by atoms with Gasteiger partial charge >= 0.3 is 0 Å². The van der Waals surface area contributed by atoms with Crippen LogP contribution in [0.25, 0.3) is 0 Å². The van der Waals surface area contributed by atoms with Crippen molar-refractivity contribution in [3.05, 3.63) is 10.6 Å². The molecule has 2 nitrogen and oxygen atoms in total. The van der Waals surface area contributed by atoms with Gasteiger partial charge in [-0.05, 0) is 38.6 Å². The molecule has 0 fully saturated rings. The molecule has 3 heteroatoms. The van der Waals surface area contributed by atoms with Crippen LogP contribution >= 0.6 is 15.9 Å². The van der Waals surface area contributed by atoms with Crippen LogP contribution in [-0.2, 0) is 4.79 Å². The maximum Gasteiger partial charge on any atom is 0.248 e. The molecule has 0 aliphatic carbocycles. The van der Waals surface area contributed by atoms with Crippen molar-refractivity contribution in [1.29, 1.82) is 0 Å². The fraction of sp³-hybridized carbons (Fsp3) is 0.750. The smallest absolute Gasteiger partial charge is 0.248 e. The zero-order chi connectivity index (χ0) is 11.9. The normalized spacial score (nSPS) is 12.7. The van der Waals surface area contributed by atoms with Gasteiger partial charge in [-0.3, -0.25) is 4.79 Å². The van der Waals surface area contributed by atoms with E-state index in [4.69, 9.17) is 0 Å². The number of carbonyl (C=O) groups excluding carboxylic acids is 1. The quantitative estimate of drug-likeness (QED) is 0.601. The largest absolute Gasteiger partial charge is 0.348 e. The highest BCUT2D eigenvalue weighted by Gasteiger charge is 2.16. The van der Waals surface area contributed by atoms with E-state index in [-0.39, 0.29) is 11.4 Å². The number of rotatable bonds is 5. The number of amides is 1. The van der Waals surface area contributed by atoms with E-state index in [1.807, 2.05) is 20.8 Å². The van der Waals surface area contributed by atoms with Crippen molar-refractivity contribution < 1.29 is 4.79 Å². The SMILES string of the molecule is CCCCC/C(=C\Br)C(=O)NC(C)(C)C. The summed E-state index contributed by atoms with van der Waals surface area (Å²) in [7, 11) is 0. The van der Waals surface area contributed by atoms with E-state index in [0.29, 0.717) is 0 Å². The average Bonchev–Trinajstić information content (AvgIpc) is 2.09. The highest BCUT2D eigenvalue weighted by atomic mass is 79.9. The predicted molar refractivity (Wildman–Crippen MR) is 69.0 cm³/mol. The molecule has 0 spiro atoms. The van der Waals surface area contributed by atoms with Crippen molar-refractivity contribution in [3.8, 4) is 0 Å². The number of unbranched alkanes of at least 4 members (excludes halogenated alkanes) is 2. The molecule has 0 rings (SSSR count). The molecule has 0 saturated carbocycles. The molecule has 0 heterocycles. The minimum absolute atomic E-state index is 0.0375. The molecule has 0 aliphatic heterocycles. The Hall–Kier alpha value is -0.310. The minimum atomic E-state index is -0.164. The van der Waals surface area contributed by atoms with Gasteiger partial charge in [0.1, 0.15) is 0 Å². The molecule has 1 N–H and O–H groups in total. The Kier molecular flexibility index (Phi) is 6.90. The summed E-state index contributed by atoms with van der Waals surface area (Å²) < 4.78 is 0. The van der Waals surface area contributed by atoms with Gasteiger partial charge in [-0.25, -0.2) is 0 Å². The van der Waals surface area contributed by atoms with E-state index >= 15 is 0 Å². The van der Waals surface area contributed by atoms with Crippen molar-refractivity contribution in [3.63, 3.8) is 0 Å². The molecule has 0 aromatic carbocycles. The summed E-state index contributed by atoms with van der Waals surface area (Å²) in [4.78, 5) is 13.5. The lowest BCUT2D eigenvalue weighted by molar-refractivity contribution is -0.119. The van der Waals surface area contributed by atoms with E-state index in [1.54, 1.807) is 4.99 Å². The number of halogens is 1. The van der Waals surface area contributed by atoms with Gasteiger partial charge in [0.2, 0.25) is 5.91 Å². The van der Waals surface area contributed by atoms with Crippen molar-refractivity contribution in [2.45, 2.75) is 58.9 Å². The van der Waals surface area contributed by atoms with Crippen LogP contribution in [-0.4, -0.2) is 11.4 Å². The van der Waals surface area contributed by atoms with Crippen LogP contribution in [0.2, 0.25) is 0 Å². The first kappa shape index (κ1) is 14.7. The Bertz CT molecular complexity index is 228. The Morgan fingerprint density at radius 3 is 2.33 bits per heavy atom. The Balaban J connectivity index is 4.13. The Morgan fingerprint density at radius 1 is 1.33 bits per heavy atom. The van der Waals surface area contributed by atoms with Gasteiger partial charge < -0.3 is 5.32 Å². The topological polar surface area (TPSA) is 29.1 Å². The first-order valence-corrected chi connectivity index (χ1v) is 6.44. The maximum atomic E-state index is 11.8. The van der Waals surface area contributed by atoms with Gasteiger partial charge in [0.25, 0.3) is 0 Å². The van der Waals surface area contributed by atoms with Crippen molar-refractivity contribution >= 4 is 21.8 Å². The third kappa shape index (κ3) is 7.60. The minimum Gasteiger partial charge on any atom is -0.348 e. The third-order valence-electron chi connectivity index (χ3n) is 1.96.